The highest BCUT2D eigenvalue weighted by molar-refractivity contribution is 6.60. The van der Waals surface area contributed by atoms with E-state index in [1.807, 2.05) is 0 Å². The number of quaternary nitrogens is 1. The fourth-order valence-electron chi connectivity index (χ4n) is 4.75. The molecule has 0 amide bonds. The summed E-state index contributed by atoms with van der Waals surface area (Å²) in [5.41, 5.74) is 0. The Morgan fingerprint density at radius 3 is 1.15 bits per heavy atom. The fourth-order valence-corrected chi connectivity index (χ4v) is 7.21. The van der Waals surface area contributed by atoms with Crippen LogP contribution in [0.5, 0.6) is 0 Å². The van der Waals surface area contributed by atoms with E-state index in [2.05, 4.69) is 21.0 Å². The molecule has 7 nitrogen and oxygen atoms in total. The summed E-state index contributed by atoms with van der Waals surface area (Å²) in [5.74, 6) is 0. The molecule has 0 aromatic rings. The lowest BCUT2D eigenvalue weighted by Crippen LogP contribution is -3.00. The molecule has 238 valence electrons. The highest BCUT2D eigenvalue weighted by atomic mass is 35.5. The predicted octanol–water partition coefficient (Wildman–Crippen LogP) is 3.87. The summed E-state index contributed by atoms with van der Waals surface area (Å²) in [6.07, 6.45) is 20.7. The van der Waals surface area contributed by atoms with Crippen molar-refractivity contribution in [1.82, 2.24) is 0 Å². The molecule has 0 bridgehead atoms. The molecular formula is C30H66ClNO6Si. The molecule has 0 saturated carbocycles. The molecule has 0 fully saturated rings. The highest BCUT2D eigenvalue weighted by Gasteiger charge is 2.41. The van der Waals surface area contributed by atoms with E-state index in [-0.39, 0.29) is 12.4 Å². The number of unbranched alkanes of at least 4 members (excludes halogenated alkanes) is 13. The Bertz CT molecular complexity index is 464. The van der Waals surface area contributed by atoms with Gasteiger partial charge in [0, 0.05) is 33.8 Å². The topological polar surface area (TPSA) is 55.4 Å². The van der Waals surface area contributed by atoms with E-state index in [0.717, 1.165) is 23.5 Å². The normalized spacial score (nSPS) is 12.2. The zero-order valence-electron chi connectivity index (χ0n) is 26.7. The van der Waals surface area contributed by atoms with Gasteiger partial charge in [0.2, 0.25) is 0 Å². The lowest BCUT2D eigenvalue weighted by Gasteiger charge is -2.33. The van der Waals surface area contributed by atoms with E-state index in [9.17, 15) is 0 Å². The van der Waals surface area contributed by atoms with E-state index in [1.54, 1.807) is 21.3 Å². The second kappa shape index (κ2) is 29.7. The molecule has 39 heavy (non-hydrogen) atoms. The molecule has 0 unspecified atom stereocenters. The number of halogens is 1. The second-order valence-electron chi connectivity index (χ2n) is 11.3. The Morgan fingerprint density at radius 1 is 0.462 bits per heavy atom. The van der Waals surface area contributed by atoms with Crippen LogP contribution < -0.4 is 12.4 Å². The van der Waals surface area contributed by atoms with Gasteiger partial charge in [-0.25, -0.2) is 0 Å². The number of methoxy groups -OCH3 is 3. The zero-order valence-corrected chi connectivity index (χ0v) is 28.5. The van der Waals surface area contributed by atoms with Crippen molar-refractivity contribution in [3.8, 4) is 0 Å². The second-order valence-corrected chi connectivity index (χ2v) is 14.0. The number of hydrogen-bond acceptors (Lipinski definition) is 6. The summed E-state index contributed by atoms with van der Waals surface area (Å²) < 4.78 is 35.3. The third-order valence-electron chi connectivity index (χ3n) is 7.19. The van der Waals surface area contributed by atoms with Gasteiger partial charge in [-0.2, -0.15) is 0 Å². The molecular weight excluding hydrogens is 534 g/mol. The molecule has 0 heterocycles. The monoisotopic (exact) mass is 599 g/mol. The van der Waals surface area contributed by atoms with E-state index >= 15 is 0 Å². The first kappa shape index (κ1) is 41.4. The van der Waals surface area contributed by atoms with Crippen molar-refractivity contribution in [2.75, 3.05) is 88.2 Å². The number of ether oxygens (including phenoxy) is 3. The van der Waals surface area contributed by atoms with E-state index in [4.69, 9.17) is 27.5 Å². The smallest absolute Gasteiger partial charge is 0.501 e. The van der Waals surface area contributed by atoms with Crippen LogP contribution in [-0.4, -0.2) is 101 Å². The quantitative estimate of drug-likeness (QED) is 0.0685. The van der Waals surface area contributed by atoms with Gasteiger partial charge in [-0.15, -0.1) is 0 Å². The summed E-state index contributed by atoms with van der Waals surface area (Å²) in [6.45, 7) is 7.58. The Hall–Kier alpha value is 0.227. The molecule has 0 N–H and O–H groups in total. The summed E-state index contributed by atoms with van der Waals surface area (Å²) in [4.78, 5) is 0. The number of rotatable bonds is 31. The van der Waals surface area contributed by atoms with Crippen molar-refractivity contribution in [3.63, 3.8) is 0 Å². The molecule has 0 saturated heterocycles. The summed E-state index contributed by atoms with van der Waals surface area (Å²) >= 11 is 0. The minimum absolute atomic E-state index is 0. The number of hydrogen-bond donors (Lipinski definition) is 0. The fraction of sp³-hybridized carbons (Fsp3) is 1.00. The van der Waals surface area contributed by atoms with Gasteiger partial charge in [0.1, 0.15) is 0 Å². The third-order valence-corrected chi connectivity index (χ3v) is 10.1. The number of nitrogens with zero attached hydrogens (tertiary/aromatic N) is 1. The first-order chi connectivity index (χ1) is 18.4. The molecule has 0 aromatic heterocycles. The van der Waals surface area contributed by atoms with Crippen LogP contribution in [0.1, 0.15) is 103 Å². The Balaban J connectivity index is 0. The van der Waals surface area contributed by atoms with E-state index in [1.165, 1.54) is 96.4 Å². The molecule has 0 aliphatic carbocycles. The maximum absolute atomic E-state index is 6.22. The van der Waals surface area contributed by atoms with Crippen LogP contribution in [0.4, 0.5) is 0 Å². The minimum Gasteiger partial charge on any atom is -1.00 e. The average molecular weight is 600 g/mol. The molecule has 0 spiro atoms. The van der Waals surface area contributed by atoms with E-state index in [0.29, 0.717) is 39.6 Å². The minimum atomic E-state index is -2.83. The van der Waals surface area contributed by atoms with E-state index < -0.39 is 8.80 Å². The molecule has 0 rings (SSSR count). The van der Waals surface area contributed by atoms with Crippen LogP contribution in [0.2, 0.25) is 6.04 Å². The largest absolute Gasteiger partial charge is 1.00 e. The van der Waals surface area contributed by atoms with Gasteiger partial charge in [0.15, 0.2) is 0 Å². The third kappa shape index (κ3) is 26.8. The lowest BCUT2D eigenvalue weighted by atomic mass is 10.0. The maximum atomic E-state index is 6.22. The predicted molar refractivity (Wildman–Crippen MR) is 161 cm³/mol. The first-order valence-electron chi connectivity index (χ1n) is 15.7. The van der Waals surface area contributed by atoms with Crippen molar-refractivity contribution in [2.45, 2.75) is 109 Å². The van der Waals surface area contributed by atoms with Crippen LogP contribution in [0.15, 0.2) is 0 Å². The summed E-state index contributed by atoms with van der Waals surface area (Å²) in [7, 11) is 6.90. The van der Waals surface area contributed by atoms with Crippen LogP contribution in [-0.2, 0) is 27.5 Å². The van der Waals surface area contributed by atoms with Crippen molar-refractivity contribution < 1.29 is 44.4 Å². The van der Waals surface area contributed by atoms with Gasteiger partial charge in [-0.05, 0) is 12.8 Å². The van der Waals surface area contributed by atoms with Gasteiger partial charge in [0.05, 0.1) is 66.8 Å². The van der Waals surface area contributed by atoms with Crippen molar-refractivity contribution in [3.05, 3.63) is 0 Å². The average Bonchev–Trinajstić information content (AvgIpc) is 2.89. The van der Waals surface area contributed by atoms with Crippen molar-refractivity contribution in [2.24, 2.45) is 0 Å². The Labute approximate surface area is 250 Å². The molecule has 9 heteroatoms. The summed E-state index contributed by atoms with van der Waals surface area (Å²) in [5, 5.41) is 0. The van der Waals surface area contributed by atoms with Gasteiger partial charge in [-0.3, -0.25) is 0 Å². The molecule has 0 atom stereocenters. The molecule has 0 radical (unpaired) electrons. The lowest BCUT2D eigenvalue weighted by molar-refractivity contribution is -0.890. The van der Waals surface area contributed by atoms with Crippen LogP contribution in [0, 0.1) is 0 Å². The molecule has 0 aliphatic heterocycles. The van der Waals surface area contributed by atoms with Crippen molar-refractivity contribution in [1.29, 1.82) is 0 Å². The van der Waals surface area contributed by atoms with Gasteiger partial charge in [-0.1, -0.05) is 84.0 Å². The van der Waals surface area contributed by atoms with Gasteiger partial charge in [0.25, 0.3) is 0 Å². The van der Waals surface area contributed by atoms with Crippen LogP contribution in [0.25, 0.3) is 0 Å². The Morgan fingerprint density at radius 2 is 0.795 bits per heavy atom. The van der Waals surface area contributed by atoms with Gasteiger partial charge < -0.3 is 44.4 Å². The maximum Gasteiger partial charge on any atom is 0.501 e. The van der Waals surface area contributed by atoms with Crippen LogP contribution in [0.3, 0.4) is 0 Å². The standard InChI is InChI=1S/C30H66NO6Si.ClH/c1-7-8-9-10-11-12-13-14-15-16-17-18-19-20-22-31(2,3)23-21-30-38(35-27-24-32-4,36-28-25-33-5)37-29-26-34-6;/h7-30H2,1-6H3;1H/q+1;/p-1. The Kier molecular flexibility index (Phi) is 31.5. The SMILES string of the molecule is CCCCCCCCCCCCCCCC[N+](C)(C)CCC[Si](OCCOC)(OCCOC)OCCOC.[Cl-]. The van der Waals surface area contributed by atoms with Gasteiger partial charge >= 0.3 is 8.80 Å². The summed E-state index contributed by atoms with van der Waals surface area (Å²) in [6, 6.07) is 0.796. The van der Waals surface area contributed by atoms with Crippen LogP contribution >= 0.6 is 0 Å². The first-order valence-corrected chi connectivity index (χ1v) is 17.6. The molecule has 0 aromatic carbocycles. The van der Waals surface area contributed by atoms with Crippen molar-refractivity contribution >= 4 is 8.80 Å². The highest BCUT2D eigenvalue weighted by Crippen LogP contribution is 2.20. The zero-order chi connectivity index (χ0) is 28.2. The molecule has 0 aliphatic rings.